The van der Waals surface area contributed by atoms with Crippen LogP contribution >= 0.6 is 0 Å². The van der Waals surface area contributed by atoms with Crippen LogP contribution in [0.15, 0.2) is 206 Å². The molecule has 78 heavy (non-hydrogen) atoms. The molecule has 0 saturated carbocycles. The summed E-state index contributed by atoms with van der Waals surface area (Å²) in [5.41, 5.74) is 0.901. The van der Waals surface area contributed by atoms with E-state index >= 15 is 35.1 Å². The van der Waals surface area contributed by atoms with Gasteiger partial charge in [-0.2, -0.15) is 5.26 Å². The zero-order valence-electron chi connectivity index (χ0n) is 40.4. The molecule has 0 aliphatic heterocycles. The first kappa shape index (κ1) is 48.6. The van der Waals surface area contributed by atoms with Crippen LogP contribution in [0.25, 0.3) is 81.7 Å². The summed E-state index contributed by atoms with van der Waals surface area (Å²) in [4.78, 5) is 7.18. The summed E-state index contributed by atoms with van der Waals surface area (Å²) < 4.78 is 127. The molecule has 0 amide bonds. The second kappa shape index (κ2) is 19.4. The van der Waals surface area contributed by atoms with E-state index in [9.17, 15) is 5.26 Å². The molecule has 0 unspecified atom stereocenters. The summed E-state index contributed by atoms with van der Waals surface area (Å²) >= 11 is 0. The van der Waals surface area contributed by atoms with Crippen LogP contribution in [0.2, 0.25) is 0 Å². The fourth-order valence-corrected chi connectivity index (χ4v) is 10.6. The summed E-state index contributed by atoms with van der Waals surface area (Å²) in [6, 6.07) is 52.7. The summed E-state index contributed by atoms with van der Waals surface area (Å²) in [5.74, 6) is -7.32. The van der Waals surface area contributed by atoms with Gasteiger partial charge < -0.3 is 9.80 Å². The van der Waals surface area contributed by atoms with Gasteiger partial charge in [0.15, 0.2) is 5.69 Å². The molecule has 12 aromatic rings. The highest BCUT2D eigenvalue weighted by atomic mass is 19.2. The normalized spacial score (nSPS) is 11.3. The van der Waals surface area contributed by atoms with Gasteiger partial charge >= 0.3 is 0 Å². The van der Waals surface area contributed by atoms with E-state index in [-0.39, 0.29) is 44.9 Å². The molecule has 4 nitrogen and oxygen atoms in total. The number of benzene rings is 12. The van der Waals surface area contributed by atoms with Gasteiger partial charge in [0.2, 0.25) is 0 Å². The van der Waals surface area contributed by atoms with Gasteiger partial charge in [0.05, 0.1) is 51.8 Å². The molecule has 0 atom stereocenters. The number of nitrogens with zero attached hydrogens (tertiary/aromatic N) is 4. The molecular formula is C66H34F8N4. The lowest BCUT2D eigenvalue weighted by atomic mass is 9.91. The summed E-state index contributed by atoms with van der Waals surface area (Å²) in [7, 11) is 0. The highest BCUT2D eigenvalue weighted by Gasteiger charge is 2.27. The van der Waals surface area contributed by atoms with Crippen LogP contribution < -0.4 is 9.80 Å². The van der Waals surface area contributed by atoms with E-state index in [1.54, 1.807) is 58.3 Å². The minimum atomic E-state index is -0.916. The smallest absolute Gasteiger partial charge is 0.189 e. The molecular weight excluding hydrogens is 1000 g/mol. The monoisotopic (exact) mass is 1030 g/mol. The molecule has 0 saturated heterocycles. The van der Waals surface area contributed by atoms with Crippen molar-refractivity contribution in [3.05, 3.63) is 270 Å². The first-order valence-corrected chi connectivity index (χ1v) is 24.2. The van der Waals surface area contributed by atoms with Crippen molar-refractivity contribution in [1.82, 2.24) is 0 Å². The fourth-order valence-electron chi connectivity index (χ4n) is 10.6. The summed E-state index contributed by atoms with van der Waals surface area (Å²) in [6.45, 7) is 7.95. The lowest BCUT2D eigenvalue weighted by Gasteiger charge is -2.30. The van der Waals surface area contributed by atoms with Gasteiger partial charge in [0.25, 0.3) is 0 Å². The molecule has 374 valence electrons. The van der Waals surface area contributed by atoms with Gasteiger partial charge in [-0.25, -0.2) is 40.0 Å². The van der Waals surface area contributed by atoms with Gasteiger partial charge in [-0.05, 0) is 171 Å². The first-order valence-electron chi connectivity index (χ1n) is 24.2. The molecule has 12 heteroatoms. The number of hydrogen-bond donors (Lipinski definition) is 0. The Morgan fingerprint density at radius 1 is 0.346 bits per heavy atom. The average molecular weight is 1040 g/mol. The van der Waals surface area contributed by atoms with Crippen LogP contribution in [0.3, 0.4) is 0 Å². The number of rotatable bonds is 10. The zero-order chi connectivity index (χ0) is 53.9. The van der Waals surface area contributed by atoms with Crippen molar-refractivity contribution in [3.63, 3.8) is 0 Å². The number of hydrogen-bond acceptors (Lipinski definition) is 3. The third kappa shape index (κ3) is 8.33. The Morgan fingerprint density at radius 3 is 1.04 bits per heavy atom. The van der Waals surface area contributed by atoms with Gasteiger partial charge in [0.1, 0.15) is 46.5 Å². The fraction of sp³-hybridized carbons (Fsp3) is 0. The maximum Gasteiger partial charge on any atom is 0.189 e. The van der Waals surface area contributed by atoms with Crippen molar-refractivity contribution < 1.29 is 35.1 Å². The molecule has 0 aromatic heterocycles. The SMILES string of the molecule is [C-]#[N+]c1cccc(N(c2cc(-c3c(F)cccc3F)cc(-c3c(F)cccc3F)c2)c2ccc3ccc4c(N(c5cccc(C#N)c5)c5cc(-c6c(F)cccc6F)cc(-c6c(F)cccc6F)c5)ccc5ccc2c3c54)c1. The van der Waals surface area contributed by atoms with Crippen molar-refractivity contribution >= 4 is 72.1 Å². The van der Waals surface area contributed by atoms with Crippen LogP contribution in [0, 0.1) is 64.4 Å². The van der Waals surface area contributed by atoms with E-state index in [0.717, 1.165) is 64.7 Å². The summed E-state index contributed by atoms with van der Waals surface area (Å²) in [6.07, 6.45) is 0. The second-order valence-corrected chi connectivity index (χ2v) is 18.5. The lowest BCUT2D eigenvalue weighted by Crippen LogP contribution is -2.12. The Bertz CT molecular complexity index is 4000. The predicted molar refractivity (Wildman–Crippen MR) is 292 cm³/mol. The van der Waals surface area contributed by atoms with Crippen LogP contribution in [0.5, 0.6) is 0 Å². The van der Waals surface area contributed by atoms with Crippen LogP contribution in [0.1, 0.15) is 5.56 Å². The van der Waals surface area contributed by atoms with Crippen molar-refractivity contribution in [3.8, 4) is 50.6 Å². The molecule has 0 aliphatic rings. The topological polar surface area (TPSA) is 34.6 Å². The van der Waals surface area contributed by atoms with Crippen LogP contribution in [-0.4, -0.2) is 0 Å². The Labute approximate surface area is 440 Å². The van der Waals surface area contributed by atoms with E-state index in [2.05, 4.69) is 10.9 Å². The van der Waals surface area contributed by atoms with E-state index in [1.807, 2.05) is 48.5 Å². The molecule has 0 fully saturated rings. The average Bonchev–Trinajstić information content (AvgIpc) is 3.47. The molecule has 0 aliphatic carbocycles. The quantitative estimate of drug-likeness (QED) is 0.0778. The zero-order valence-corrected chi connectivity index (χ0v) is 40.4. The van der Waals surface area contributed by atoms with Gasteiger partial charge in [-0.3, -0.25) is 0 Å². The third-order valence-electron chi connectivity index (χ3n) is 13.9. The third-order valence-corrected chi connectivity index (χ3v) is 13.9. The Balaban J connectivity index is 1.14. The Hall–Kier alpha value is -10.3. The maximum absolute atomic E-state index is 15.8. The van der Waals surface area contributed by atoms with E-state index in [4.69, 9.17) is 6.57 Å². The van der Waals surface area contributed by atoms with Crippen molar-refractivity contribution in [1.29, 1.82) is 5.26 Å². The molecule has 0 spiro atoms. The minimum absolute atomic E-state index is 0.0299. The molecule has 0 bridgehead atoms. The molecule has 0 N–H and O–H groups in total. The maximum atomic E-state index is 15.8. The second-order valence-electron chi connectivity index (χ2n) is 18.5. The van der Waals surface area contributed by atoms with Gasteiger partial charge in [-0.1, -0.05) is 78.9 Å². The number of nitriles is 1. The van der Waals surface area contributed by atoms with Crippen molar-refractivity contribution in [2.45, 2.75) is 0 Å². The van der Waals surface area contributed by atoms with E-state index in [1.165, 1.54) is 60.7 Å². The highest BCUT2D eigenvalue weighted by molar-refractivity contribution is 6.28. The first-order chi connectivity index (χ1) is 37.9. The highest BCUT2D eigenvalue weighted by Crippen LogP contribution is 2.50. The molecule has 0 radical (unpaired) electrons. The van der Waals surface area contributed by atoms with E-state index < -0.39 is 68.8 Å². The molecule has 12 rings (SSSR count). The van der Waals surface area contributed by atoms with E-state index in [0.29, 0.717) is 38.9 Å². The van der Waals surface area contributed by atoms with Crippen molar-refractivity contribution in [2.75, 3.05) is 9.80 Å². The Kier molecular flexibility index (Phi) is 12.1. The lowest BCUT2D eigenvalue weighted by molar-refractivity contribution is 0.588. The Morgan fingerprint density at radius 2 is 0.679 bits per heavy atom. The van der Waals surface area contributed by atoms with Crippen LogP contribution in [0.4, 0.5) is 74.9 Å². The minimum Gasteiger partial charge on any atom is -0.311 e. The van der Waals surface area contributed by atoms with Crippen LogP contribution in [-0.2, 0) is 0 Å². The van der Waals surface area contributed by atoms with Gasteiger partial charge in [-0.15, -0.1) is 0 Å². The predicted octanol–water partition coefficient (Wildman–Crippen LogP) is 19.7. The molecule has 12 aromatic carbocycles. The molecule has 0 heterocycles. The van der Waals surface area contributed by atoms with Gasteiger partial charge in [0, 0.05) is 33.5 Å². The number of halogens is 8. The number of anilines is 6. The van der Waals surface area contributed by atoms with Crippen molar-refractivity contribution in [2.24, 2.45) is 0 Å². The largest absolute Gasteiger partial charge is 0.311 e. The standard InChI is InChI=1S/C66H34F8N4/c1-76-44-9-3-11-46(35-44)78(48-33-42(65-55(71)16-6-17-56(65)72)30-43(34-48)66-57(73)18-7-19-58(66)74)60-27-23-39-20-24-49-59(26-22-38-21-25-50(60)62(39)61(38)49)77(45-10-2-8-37(28-45)36-75)47-31-40(63-51(67)12-4-13-52(63)68)29-41(32-47)64-53(69)14-5-15-54(64)70/h2-35H. The summed E-state index contributed by atoms with van der Waals surface area (Å²) in [5, 5.41) is 14.4.